The van der Waals surface area contributed by atoms with Crippen molar-refractivity contribution in [3.05, 3.63) is 0 Å². The van der Waals surface area contributed by atoms with Crippen LogP contribution in [0.3, 0.4) is 0 Å². The maximum atomic E-state index is 5.64. The first-order valence-corrected chi connectivity index (χ1v) is 8.69. The maximum absolute atomic E-state index is 5.64. The largest absolute Gasteiger partial charge is 0.381 e. The van der Waals surface area contributed by atoms with Crippen LogP contribution in [-0.4, -0.2) is 25.8 Å². The third-order valence-electron chi connectivity index (χ3n) is 6.00. The zero-order valence-corrected chi connectivity index (χ0v) is 12.6. The molecule has 3 rings (SSSR count). The molecule has 2 aliphatic carbocycles. The molecule has 1 aliphatic heterocycles. The second kappa shape index (κ2) is 6.58. The summed E-state index contributed by atoms with van der Waals surface area (Å²) in [6.07, 6.45) is 11.8. The second-order valence-electron chi connectivity index (χ2n) is 7.08. The molecule has 19 heavy (non-hydrogen) atoms. The summed E-state index contributed by atoms with van der Waals surface area (Å²) < 4.78 is 5.64. The summed E-state index contributed by atoms with van der Waals surface area (Å²) in [5.74, 6) is 3.83. The predicted molar refractivity (Wildman–Crippen MR) is 79.2 cm³/mol. The molecular formula is C17H31NO. The normalized spacial score (nSPS) is 40.9. The topological polar surface area (TPSA) is 21.3 Å². The van der Waals surface area contributed by atoms with E-state index in [0.29, 0.717) is 0 Å². The van der Waals surface area contributed by atoms with Crippen molar-refractivity contribution in [3.8, 4) is 0 Å². The average molecular weight is 265 g/mol. The molecule has 1 N–H and O–H groups in total. The molecule has 5 unspecified atom stereocenters. The minimum absolute atomic E-state index is 0.732. The Hall–Kier alpha value is -0.0800. The Kier molecular flexibility index (Phi) is 4.81. The van der Waals surface area contributed by atoms with E-state index in [4.69, 9.17) is 4.74 Å². The van der Waals surface area contributed by atoms with Crippen LogP contribution in [0.4, 0.5) is 0 Å². The molecule has 0 radical (unpaired) electrons. The van der Waals surface area contributed by atoms with Crippen molar-refractivity contribution in [2.24, 2.45) is 23.7 Å². The van der Waals surface area contributed by atoms with E-state index in [2.05, 4.69) is 12.2 Å². The number of ether oxygens (including phenoxy) is 1. The van der Waals surface area contributed by atoms with Gasteiger partial charge in [-0.25, -0.2) is 0 Å². The quantitative estimate of drug-likeness (QED) is 0.838. The predicted octanol–water partition coefficient (Wildman–Crippen LogP) is 3.61. The highest BCUT2D eigenvalue weighted by Gasteiger charge is 2.38. The van der Waals surface area contributed by atoms with Crippen LogP contribution >= 0.6 is 0 Å². The van der Waals surface area contributed by atoms with E-state index in [1.165, 1.54) is 51.4 Å². The van der Waals surface area contributed by atoms with Gasteiger partial charge in [0.1, 0.15) is 0 Å². The van der Waals surface area contributed by atoms with E-state index in [0.717, 1.165) is 49.5 Å². The highest BCUT2D eigenvalue weighted by molar-refractivity contribution is 4.91. The lowest BCUT2D eigenvalue weighted by Crippen LogP contribution is -2.45. The molecule has 0 bridgehead atoms. The average Bonchev–Trinajstić information content (AvgIpc) is 2.98. The van der Waals surface area contributed by atoms with Crippen LogP contribution in [-0.2, 0) is 4.74 Å². The standard InChI is InChI=1S/C17H31NO/c1-2-18-17(16-9-10-19-12-16)15-8-7-13-5-3-4-6-14(13)11-15/h13-18H,2-12H2,1H3. The molecule has 1 saturated heterocycles. The van der Waals surface area contributed by atoms with Crippen molar-refractivity contribution < 1.29 is 4.74 Å². The van der Waals surface area contributed by atoms with Crippen LogP contribution in [0.25, 0.3) is 0 Å². The van der Waals surface area contributed by atoms with Crippen LogP contribution in [0.5, 0.6) is 0 Å². The summed E-state index contributed by atoms with van der Waals surface area (Å²) in [4.78, 5) is 0. The molecule has 110 valence electrons. The second-order valence-corrected chi connectivity index (χ2v) is 7.08. The van der Waals surface area contributed by atoms with Crippen LogP contribution in [0.15, 0.2) is 0 Å². The van der Waals surface area contributed by atoms with E-state index >= 15 is 0 Å². The van der Waals surface area contributed by atoms with Gasteiger partial charge in [0.05, 0.1) is 6.61 Å². The van der Waals surface area contributed by atoms with Gasteiger partial charge in [-0.3, -0.25) is 0 Å². The van der Waals surface area contributed by atoms with Gasteiger partial charge in [-0.2, -0.15) is 0 Å². The van der Waals surface area contributed by atoms with Gasteiger partial charge < -0.3 is 10.1 Å². The van der Waals surface area contributed by atoms with Gasteiger partial charge in [-0.1, -0.05) is 32.6 Å². The lowest BCUT2D eigenvalue weighted by molar-refractivity contribution is 0.0881. The van der Waals surface area contributed by atoms with E-state index < -0.39 is 0 Å². The van der Waals surface area contributed by atoms with Gasteiger partial charge >= 0.3 is 0 Å². The summed E-state index contributed by atoms with van der Waals surface area (Å²) in [7, 11) is 0. The fourth-order valence-electron chi connectivity index (χ4n) is 5.03. The van der Waals surface area contributed by atoms with E-state index in [-0.39, 0.29) is 0 Å². The van der Waals surface area contributed by atoms with Crippen molar-refractivity contribution in [2.75, 3.05) is 19.8 Å². The van der Waals surface area contributed by atoms with E-state index in [9.17, 15) is 0 Å². The van der Waals surface area contributed by atoms with E-state index in [1.807, 2.05) is 0 Å². The highest BCUT2D eigenvalue weighted by Crippen LogP contribution is 2.44. The number of hydrogen-bond donors (Lipinski definition) is 1. The smallest absolute Gasteiger partial charge is 0.0510 e. The van der Waals surface area contributed by atoms with Crippen molar-refractivity contribution in [1.82, 2.24) is 5.32 Å². The van der Waals surface area contributed by atoms with Crippen molar-refractivity contribution >= 4 is 0 Å². The van der Waals surface area contributed by atoms with Gasteiger partial charge in [-0.05, 0) is 50.0 Å². The number of hydrogen-bond acceptors (Lipinski definition) is 2. The van der Waals surface area contributed by atoms with Crippen LogP contribution in [0.2, 0.25) is 0 Å². The van der Waals surface area contributed by atoms with Crippen molar-refractivity contribution in [2.45, 2.75) is 64.3 Å². The zero-order chi connectivity index (χ0) is 13.1. The van der Waals surface area contributed by atoms with Gasteiger partial charge in [0.25, 0.3) is 0 Å². The van der Waals surface area contributed by atoms with Crippen molar-refractivity contribution in [1.29, 1.82) is 0 Å². The van der Waals surface area contributed by atoms with Gasteiger partial charge in [0, 0.05) is 18.6 Å². The minimum Gasteiger partial charge on any atom is -0.381 e. The Morgan fingerprint density at radius 1 is 1.00 bits per heavy atom. The third kappa shape index (κ3) is 3.16. The summed E-state index contributed by atoms with van der Waals surface area (Å²) in [5.41, 5.74) is 0. The molecule has 0 aromatic heterocycles. The Labute approximate surface area is 118 Å². The molecule has 3 aliphatic rings. The number of nitrogens with one attached hydrogen (secondary N) is 1. The zero-order valence-electron chi connectivity index (χ0n) is 12.6. The molecule has 1 heterocycles. The Morgan fingerprint density at radius 2 is 1.84 bits per heavy atom. The van der Waals surface area contributed by atoms with Crippen LogP contribution in [0, 0.1) is 23.7 Å². The lowest BCUT2D eigenvalue weighted by Gasteiger charge is -2.43. The van der Waals surface area contributed by atoms with Gasteiger partial charge in [0.15, 0.2) is 0 Å². The molecule has 2 nitrogen and oxygen atoms in total. The Bertz CT molecular complexity index is 274. The summed E-state index contributed by atoms with van der Waals surface area (Å²) in [6, 6.07) is 0.732. The van der Waals surface area contributed by atoms with Gasteiger partial charge in [-0.15, -0.1) is 0 Å². The monoisotopic (exact) mass is 265 g/mol. The highest BCUT2D eigenvalue weighted by atomic mass is 16.5. The fraction of sp³-hybridized carbons (Fsp3) is 1.00. The molecule has 5 atom stereocenters. The van der Waals surface area contributed by atoms with E-state index in [1.54, 1.807) is 0 Å². The van der Waals surface area contributed by atoms with Crippen LogP contribution < -0.4 is 5.32 Å². The fourth-order valence-corrected chi connectivity index (χ4v) is 5.03. The van der Waals surface area contributed by atoms with Crippen LogP contribution in [0.1, 0.15) is 58.3 Å². The number of fused-ring (bicyclic) bond motifs is 1. The first-order chi connectivity index (χ1) is 9.38. The van der Waals surface area contributed by atoms with Crippen molar-refractivity contribution in [3.63, 3.8) is 0 Å². The van der Waals surface area contributed by atoms with Gasteiger partial charge in [0.2, 0.25) is 0 Å². The summed E-state index contributed by atoms with van der Waals surface area (Å²) in [6.45, 7) is 5.37. The third-order valence-corrected chi connectivity index (χ3v) is 6.00. The molecule has 2 heteroatoms. The molecule has 0 aromatic rings. The Balaban J connectivity index is 1.61. The molecule has 3 fully saturated rings. The summed E-state index contributed by atoms with van der Waals surface area (Å²) in [5, 5.41) is 3.81. The summed E-state index contributed by atoms with van der Waals surface area (Å²) >= 11 is 0. The molecule has 0 aromatic carbocycles. The maximum Gasteiger partial charge on any atom is 0.0510 e. The minimum atomic E-state index is 0.732. The Morgan fingerprint density at radius 3 is 2.58 bits per heavy atom. The molecule has 0 amide bonds. The molecular weight excluding hydrogens is 234 g/mol. The lowest BCUT2D eigenvalue weighted by atomic mass is 9.65. The molecule has 0 spiro atoms. The number of rotatable bonds is 4. The first-order valence-electron chi connectivity index (χ1n) is 8.69. The molecule has 2 saturated carbocycles. The SMILES string of the molecule is CCNC(C1CCOC1)C1CCC2CCCCC2C1. The first kappa shape index (κ1) is 13.9.